The van der Waals surface area contributed by atoms with Gasteiger partial charge in [0.05, 0.1) is 47.8 Å². The minimum absolute atomic E-state index is 0.0257. The zero-order valence-electron chi connectivity index (χ0n) is 21.8. The van der Waals surface area contributed by atoms with E-state index in [-0.39, 0.29) is 44.3 Å². The summed E-state index contributed by atoms with van der Waals surface area (Å²) in [6.07, 6.45) is -1.82. The number of rotatable bonds is 6. The van der Waals surface area contributed by atoms with Crippen molar-refractivity contribution >= 4 is 5.78 Å². The molecule has 0 aliphatic heterocycles. The summed E-state index contributed by atoms with van der Waals surface area (Å²) in [5.74, 6) is -2.02. The molecule has 8 N–H and O–H groups in total. The van der Waals surface area contributed by atoms with E-state index in [4.69, 9.17) is 0 Å². The number of hydrogen-bond donors (Lipinski definition) is 8. The molecule has 0 radical (unpaired) electrons. The minimum atomic E-state index is -1.67. The fraction of sp³-hybridized carbons (Fsp3) is 0.889. The monoisotopic (exact) mass is 512 g/mol. The van der Waals surface area contributed by atoms with E-state index in [1.165, 1.54) is 19.9 Å². The number of carbonyl (C=O) groups is 1. The summed E-state index contributed by atoms with van der Waals surface area (Å²) >= 11 is 0. The number of hydrogen-bond acceptors (Lipinski definition) is 9. The Labute approximate surface area is 212 Å². The SMILES string of the molecule is CC(O)(CO)CC[C@@H](O)[C@](C)(O)[C@H]1CC[C@@]2(O)C3=CC(=O)[C@@H]4C[C@@H](O)[C@@H](O)C[C@]4(C)[C@H]3[C@H](O)C[C@]12C. The van der Waals surface area contributed by atoms with Gasteiger partial charge in [-0.15, -0.1) is 0 Å². The number of aliphatic hydroxyl groups excluding tert-OH is 5. The third-order valence-electron chi connectivity index (χ3n) is 10.7. The molecule has 0 aromatic heterocycles. The lowest BCUT2D eigenvalue weighted by atomic mass is 9.45. The van der Waals surface area contributed by atoms with Crippen molar-refractivity contribution in [3.05, 3.63) is 11.6 Å². The first-order valence-corrected chi connectivity index (χ1v) is 13.2. The molecule has 0 bridgehead atoms. The van der Waals surface area contributed by atoms with Gasteiger partial charge < -0.3 is 40.9 Å². The van der Waals surface area contributed by atoms with Gasteiger partial charge in [0.25, 0.3) is 0 Å². The second-order valence-corrected chi connectivity index (χ2v) is 13.2. The lowest BCUT2D eigenvalue weighted by molar-refractivity contribution is -0.197. The van der Waals surface area contributed by atoms with Gasteiger partial charge in [-0.2, -0.15) is 0 Å². The van der Waals surface area contributed by atoms with E-state index in [1.54, 1.807) is 6.92 Å². The zero-order chi connectivity index (χ0) is 27.1. The van der Waals surface area contributed by atoms with Crippen LogP contribution in [0.15, 0.2) is 11.6 Å². The maximum Gasteiger partial charge on any atom is 0.159 e. The zero-order valence-corrected chi connectivity index (χ0v) is 21.8. The topological polar surface area (TPSA) is 179 Å². The number of aliphatic hydroxyl groups is 8. The Balaban J connectivity index is 1.69. The third kappa shape index (κ3) is 3.93. The molecule has 36 heavy (non-hydrogen) atoms. The molecule has 0 saturated heterocycles. The molecule has 9 nitrogen and oxygen atoms in total. The lowest BCUT2D eigenvalue weighted by Gasteiger charge is -2.62. The minimum Gasteiger partial charge on any atom is -0.393 e. The first-order valence-electron chi connectivity index (χ1n) is 13.2. The van der Waals surface area contributed by atoms with Gasteiger partial charge in [-0.05, 0) is 81.8 Å². The van der Waals surface area contributed by atoms with Crippen molar-refractivity contribution in [1.29, 1.82) is 0 Å². The Morgan fingerprint density at radius 1 is 1.08 bits per heavy atom. The highest BCUT2D eigenvalue weighted by molar-refractivity contribution is 5.95. The lowest BCUT2D eigenvalue weighted by Crippen LogP contribution is -2.66. The fourth-order valence-corrected chi connectivity index (χ4v) is 8.48. The van der Waals surface area contributed by atoms with E-state index in [2.05, 4.69) is 0 Å². The molecule has 0 amide bonds. The number of fused-ring (bicyclic) bond motifs is 5. The van der Waals surface area contributed by atoms with Crippen LogP contribution in [0.5, 0.6) is 0 Å². The van der Waals surface area contributed by atoms with Gasteiger partial charge in [0.2, 0.25) is 0 Å². The van der Waals surface area contributed by atoms with Crippen molar-refractivity contribution in [2.75, 3.05) is 6.61 Å². The fourth-order valence-electron chi connectivity index (χ4n) is 8.48. The molecule has 4 aliphatic carbocycles. The number of ketones is 1. The summed E-state index contributed by atoms with van der Waals surface area (Å²) in [6, 6.07) is 0. The number of allylic oxidation sites excluding steroid dienone is 1. The predicted octanol–water partition coefficient (Wildman–Crippen LogP) is -0.203. The summed E-state index contributed by atoms with van der Waals surface area (Å²) in [7, 11) is 0. The molecule has 1 unspecified atom stereocenters. The highest BCUT2D eigenvalue weighted by Gasteiger charge is 2.71. The van der Waals surface area contributed by atoms with Crippen LogP contribution in [-0.4, -0.2) is 94.5 Å². The van der Waals surface area contributed by atoms with Gasteiger partial charge in [-0.3, -0.25) is 4.79 Å². The Morgan fingerprint density at radius 2 is 1.72 bits per heavy atom. The van der Waals surface area contributed by atoms with Crippen LogP contribution in [-0.2, 0) is 4.79 Å². The second kappa shape index (κ2) is 8.81. The highest BCUT2D eigenvalue weighted by Crippen LogP contribution is 2.68. The van der Waals surface area contributed by atoms with Crippen molar-refractivity contribution in [3.8, 4) is 0 Å². The van der Waals surface area contributed by atoms with Crippen LogP contribution in [0.3, 0.4) is 0 Å². The van der Waals surface area contributed by atoms with Crippen LogP contribution in [0.1, 0.15) is 72.6 Å². The van der Waals surface area contributed by atoms with E-state index in [0.29, 0.717) is 12.0 Å². The smallest absolute Gasteiger partial charge is 0.159 e. The molecule has 0 aromatic rings. The van der Waals surface area contributed by atoms with Crippen LogP contribution >= 0.6 is 0 Å². The molecule has 0 spiro atoms. The quantitative estimate of drug-likeness (QED) is 0.239. The van der Waals surface area contributed by atoms with Gasteiger partial charge in [0.1, 0.15) is 0 Å². The van der Waals surface area contributed by atoms with Crippen molar-refractivity contribution in [1.82, 2.24) is 0 Å². The normalized spacial score (nSPS) is 48.7. The largest absolute Gasteiger partial charge is 0.393 e. The van der Waals surface area contributed by atoms with Crippen LogP contribution in [0.25, 0.3) is 0 Å². The standard InChI is InChI=1S/C27H44O9/c1-23(34,13-28)7-6-21(33)26(4,35)20-5-8-27(36)15-10-16(29)14-9-17(30)18(31)11-24(14,2)22(15)19(32)12-25(20,27)3/h10,14,17-22,28,30-36H,5-9,11-13H2,1-4H3/t14-,17+,18-,19+,20-,21+,22+,23?,24-,25+,26+,27+/m0/s1. The summed E-state index contributed by atoms with van der Waals surface area (Å²) in [4.78, 5) is 13.3. The molecule has 0 aromatic carbocycles. The van der Waals surface area contributed by atoms with E-state index < -0.39 is 76.4 Å². The van der Waals surface area contributed by atoms with E-state index >= 15 is 0 Å². The summed E-state index contributed by atoms with van der Waals surface area (Å²) in [5.41, 5.74) is -6.06. The van der Waals surface area contributed by atoms with Crippen LogP contribution < -0.4 is 0 Å². The van der Waals surface area contributed by atoms with Crippen molar-refractivity contribution in [3.63, 3.8) is 0 Å². The average Bonchev–Trinajstić information content (AvgIpc) is 3.05. The van der Waals surface area contributed by atoms with Gasteiger partial charge in [0, 0.05) is 17.3 Å². The summed E-state index contributed by atoms with van der Waals surface area (Å²) in [6.45, 7) is 6.10. The maximum atomic E-state index is 13.3. The molecular weight excluding hydrogens is 468 g/mol. The average molecular weight is 513 g/mol. The Kier molecular flexibility index (Phi) is 6.88. The van der Waals surface area contributed by atoms with E-state index in [0.717, 1.165) is 0 Å². The van der Waals surface area contributed by atoms with Crippen molar-refractivity contribution in [2.45, 2.75) is 114 Å². The van der Waals surface area contributed by atoms with E-state index in [9.17, 15) is 45.6 Å². The molecule has 4 aliphatic rings. The van der Waals surface area contributed by atoms with Crippen molar-refractivity contribution < 1.29 is 45.6 Å². The van der Waals surface area contributed by atoms with Crippen LogP contribution in [0.2, 0.25) is 0 Å². The van der Waals surface area contributed by atoms with E-state index in [1.807, 2.05) is 6.92 Å². The predicted molar refractivity (Wildman–Crippen MR) is 129 cm³/mol. The Hall–Kier alpha value is -0.910. The molecular formula is C27H44O9. The molecule has 9 heteroatoms. The summed E-state index contributed by atoms with van der Waals surface area (Å²) in [5, 5.41) is 86.4. The Morgan fingerprint density at radius 3 is 2.33 bits per heavy atom. The van der Waals surface area contributed by atoms with Crippen LogP contribution in [0.4, 0.5) is 0 Å². The van der Waals surface area contributed by atoms with Gasteiger partial charge >= 0.3 is 0 Å². The third-order valence-corrected chi connectivity index (χ3v) is 10.7. The molecule has 12 atom stereocenters. The molecule has 4 rings (SSSR count). The summed E-state index contributed by atoms with van der Waals surface area (Å²) < 4.78 is 0. The second-order valence-electron chi connectivity index (χ2n) is 13.2. The Bertz CT molecular complexity index is 915. The van der Waals surface area contributed by atoms with Crippen molar-refractivity contribution in [2.24, 2.45) is 28.6 Å². The van der Waals surface area contributed by atoms with Gasteiger partial charge in [-0.25, -0.2) is 0 Å². The first kappa shape index (κ1) is 28.1. The first-order chi connectivity index (χ1) is 16.4. The highest BCUT2D eigenvalue weighted by atomic mass is 16.3. The molecule has 0 heterocycles. The van der Waals surface area contributed by atoms with Gasteiger partial charge in [-0.1, -0.05) is 13.8 Å². The molecule has 206 valence electrons. The number of carbonyl (C=O) groups excluding carboxylic acids is 1. The molecule has 3 saturated carbocycles. The van der Waals surface area contributed by atoms with Crippen LogP contribution in [0, 0.1) is 28.6 Å². The maximum absolute atomic E-state index is 13.3. The van der Waals surface area contributed by atoms with Gasteiger partial charge in [0.15, 0.2) is 5.78 Å². The molecule has 3 fully saturated rings.